The summed E-state index contributed by atoms with van der Waals surface area (Å²) >= 11 is 5.48. The number of hydrogen-bond acceptors (Lipinski definition) is 4. The molecule has 0 bridgehead atoms. The lowest BCUT2D eigenvalue weighted by Gasteiger charge is -2.02. The van der Waals surface area contributed by atoms with Crippen molar-refractivity contribution in [3.63, 3.8) is 0 Å². The van der Waals surface area contributed by atoms with Gasteiger partial charge in [0.15, 0.2) is 0 Å². The first kappa shape index (κ1) is 11.1. The van der Waals surface area contributed by atoms with Crippen LogP contribution in [0.25, 0.3) is 0 Å². The fourth-order valence-corrected chi connectivity index (χ4v) is 2.00. The van der Waals surface area contributed by atoms with E-state index in [9.17, 15) is 8.42 Å². The number of nitriles is 1. The highest BCUT2D eigenvalue weighted by atomic mass is 35.7. The Morgan fingerprint density at radius 1 is 1.43 bits per heavy atom. The molecule has 0 fully saturated rings. The standard InChI is InChI=1S/C7H3Cl2NO3S/c8-5-1-4(3-10)7(2-6(5)11)14(9,12)13/h1-2,11H. The van der Waals surface area contributed by atoms with E-state index in [-0.39, 0.29) is 10.6 Å². The van der Waals surface area contributed by atoms with Crippen molar-refractivity contribution in [3.8, 4) is 11.8 Å². The molecule has 74 valence electrons. The maximum Gasteiger partial charge on any atom is 0.262 e. The van der Waals surface area contributed by atoms with Crippen LogP contribution in [0.15, 0.2) is 17.0 Å². The predicted molar refractivity (Wildman–Crippen MR) is 50.9 cm³/mol. The molecule has 0 unspecified atom stereocenters. The Balaban J connectivity index is 3.61. The second-order valence-electron chi connectivity index (χ2n) is 2.35. The van der Waals surface area contributed by atoms with Gasteiger partial charge in [-0.1, -0.05) is 11.6 Å². The van der Waals surface area contributed by atoms with Crippen molar-refractivity contribution in [2.24, 2.45) is 0 Å². The number of halogens is 2. The predicted octanol–water partition coefficient (Wildman–Crippen LogP) is 1.84. The van der Waals surface area contributed by atoms with E-state index in [1.54, 1.807) is 6.07 Å². The summed E-state index contributed by atoms with van der Waals surface area (Å²) in [6, 6.07) is 3.48. The Labute approximate surface area is 89.7 Å². The highest BCUT2D eigenvalue weighted by Gasteiger charge is 2.18. The molecule has 0 saturated carbocycles. The Bertz CT molecular complexity index is 518. The van der Waals surface area contributed by atoms with Crippen LogP contribution in [0, 0.1) is 11.3 Å². The largest absolute Gasteiger partial charge is 0.506 e. The minimum atomic E-state index is -4.05. The van der Waals surface area contributed by atoms with E-state index in [0.717, 1.165) is 12.1 Å². The summed E-state index contributed by atoms with van der Waals surface area (Å²) in [5, 5.41) is 17.6. The summed E-state index contributed by atoms with van der Waals surface area (Å²) in [4.78, 5) is -0.455. The van der Waals surface area contributed by atoms with Crippen LogP contribution in [0.2, 0.25) is 5.02 Å². The van der Waals surface area contributed by atoms with E-state index in [4.69, 9.17) is 32.7 Å². The molecule has 4 nitrogen and oxygen atoms in total. The highest BCUT2D eigenvalue weighted by molar-refractivity contribution is 8.13. The van der Waals surface area contributed by atoms with E-state index in [1.165, 1.54) is 0 Å². The summed E-state index contributed by atoms with van der Waals surface area (Å²) in [5.74, 6) is -0.440. The average Bonchev–Trinajstić information content (AvgIpc) is 2.07. The second-order valence-corrected chi connectivity index (χ2v) is 5.29. The molecular weight excluding hydrogens is 249 g/mol. The maximum atomic E-state index is 10.9. The third-order valence-electron chi connectivity index (χ3n) is 1.43. The molecule has 0 heterocycles. The molecule has 0 aliphatic carbocycles. The summed E-state index contributed by atoms with van der Waals surface area (Å²) in [7, 11) is 0.980. The lowest BCUT2D eigenvalue weighted by atomic mass is 10.2. The lowest BCUT2D eigenvalue weighted by Crippen LogP contribution is -1.95. The first-order valence-electron chi connectivity index (χ1n) is 3.23. The molecule has 0 radical (unpaired) electrons. The Morgan fingerprint density at radius 3 is 2.43 bits per heavy atom. The Morgan fingerprint density at radius 2 is 2.00 bits per heavy atom. The molecule has 0 atom stereocenters. The van der Waals surface area contributed by atoms with E-state index in [1.807, 2.05) is 0 Å². The van der Waals surface area contributed by atoms with Gasteiger partial charge < -0.3 is 5.11 Å². The molecule has 1 rings (SSSR count). The van der Waals surface area contributed by atoms with Crippen LogP contribution < -0.4 is 0 Å². The number of phenols is 1. The summed E-state index contributed by atoms with van der Waals surface area (Å²) < 4.78 is 21.9. The average molecular weight is 252 g/mol. The van der Waals surface area contributed by atoms with Gasteiger partial charge in [-0.15, -0.1) is 0 Å². The molecule has 0 aromatic heterocycles. The van der Waals surface area contributed by atoms with Crippen LogP contribution in [0.4, 0.5) is 0 Å². The number of nitrogens with zero attached hydrogens (tertiary/aromatic N) is 1. The summed E-state index contributed by atoms with van der Waals surface area (Å²) in [5.41, 5.74) is -0.206. The molecule has 7 heteroatoms. The smallest absolute Gasteiger partial charge is 0.262 e. The third kappa shape index (κ3) is 2.10. The summed E-state index contributed by atoms with van der Waals surface area (Å²) in [6.45, 7) is 0. The van der Waals surface area contributed by atoms with Crippen molar-refractivity contribution in [3.05, 3.63) is 22.7 Å². The van der Waals surface area contributed by atoms with Gasteiger partial charge in [0.2, 0.25) is 0 Å². The molecule has 0 aliphatic heterocycles. The van der Waals surface area contributed by atoms with Gasteiger partial charge in [-0.2, -0.15) is 5.26 Å². The normalized spacial score (nSPS) is 10.9. The van der Waals surface area contributed by atoms with Gasteiger partial charge in [0, 0.05) is 16.7 Å². The van der Waals surface area contributed by atoms with Gasteiger partial charge in [0.05, 0.1) is 10.6 Å². The maximum absolute atomic E-state index is 10.9. The van der Waals surface area contributed by atoms with Crippen LogP contribution in [0.3, 0.4) is 0 Å². The van der Waals surface area contributed by atoms with Crippen LogP contribution in [-0.4, -0.2) is 13.5 Å². The van der Waals surface area contributed by atoms with Crippen LogP contribution in [-0.2, 0) is 9.05 Å². The molecule has 1 aromatic carbocycles. The molecule has 0 spiro atoms. The number of benzene rings is 1. The van der Waals surface area contributed by atoms with Crippen LogP contribution >= 0.6 is 22.3 Å². The minimum Gasteiger partial charge on any atom is -0.506 e. The number of hydrogen-bond donors (Lipinski definition) is 1. The molecule has 0 aliphatic rings. The lowest BCUT2D eigenvalue weighted by molar-refractivity contribution is 0.473. The van der Waals surface area contributed by atoms with Crippen LogP contribution in [0.1, 0.15) is 5.56 Å². The molecule has 1 N–H and O–H groups in total. The van der Waals surface area contributed by atoms with Crippen molar-refractivity contribution in [2.75, 3.05) is 0 Å². The van der Waals surface area contributed by atoms with Crippen molar-refractivity contribution in [1.82, 2.24) is 0 Å². The molecular formula is C7H3Cl2NO3S. The Hall–Kier alpha value is -0.960. The van der Waals surface area contributed by atoms with Crippen molar-refractivity contribution < 1.29 is 13.5 Å². The molecule has 0 saturated heterocycles. The third-order valence-corrected chi connectivity index (χ3v) is 3.10. The van der Waals surface area contributed by atoms with Crippen LogP contribution in [0.5, 0.6) is 5.75 Å². The zero-order valence-corrected chi connectivity index (χ0v) is 8.86. The van der Waals surface area contributed by atoms with E-state index < -0.39 is 19.7 Å². The fraction of sp³-hybridized carbons (Fsp3) is 0. The van der Waals surface area contributed by atoms with Gasteiger partial charge in [0.1, 0.15) is 16.7 Å². The first-order valence-corrected chi connectivity index (χ1v) is 5.92. The number of rotatable bonds is 1. The van der Waals surface area contributed by atoms with Gasteiger partial charge in [-0.3, -0.25) is 0 Å². The second kappa shape index (κ2) is 3.65. The van der Waals surface area contributed by atoms with Gasteiger partial charge in [-0.05, 0) is 6.07 Å². The molecule has 1 aromatic rings. The van der Waals surface area contributed by atoms with E-state index in [2.05, 4.69) is 0 Å². The zero-order valence-electron chi connectivity index (χ0n) is 6.53. The van der Waals surface area contributed by atoms with Gasteiger partial charge in [-0.25, -0.2) is 8.42 Å². The van der Waals surface area contributed by atoms with Crippen molar-refractivity contribution in [2.45, 2.75) is 4.90 Å². The number of phenolic OH excluding ortho intramolecular Hbond substituents is 1. The van der Waals surface area contributed by atoms with Crippen molar-refractivity contribution in [1.29, 1.82) is 5.26 Å². The Kier molecular flexibility index (Phi) is 2.90. The minimum absolute atomic E-state index is 0.106. The topological polar surface area (TPSA) is 78.2 Å². The molecule has 14 heavy (non-hydrogen) atoms. The van der Waals surface area contributed by atoms with Crippen molar-refractivity contribution >= 4 is 31.3 Å². The zero-order chi connectivity index (χ0) is 10.9. The highest BCUT2D eigenvalue weighted by Crippen LogP contribution is 2.30. The summed E-state index contributed by atoms with van der Waals surface area (Å²) in [6.07, 6.45) is 0. The number of aromatic hydroxyl groups is 1. The van der Waals surface area contributed by atoms with Gasteiger partial charge >= 0.3 is 0 Å². The molecule has 0 amide bonds. The van der Waals surface area contributed by atoms with E-state index in [0.29, 0.717) is 0 Å². The first-order chi connectivity index (χ1) is 6.36. The monoisotopic (exact) mass is 251 g/mol. The quantitative estimate of drug-likeness (QED) is 0.773. The van der Waals surface area contributed by atoms with E-state index >= 15 is 0 Å². The SMILES string of the molecule is N#Cc1cc(Cl)c(O)cc1S(=O)(=O)Cl. The fourth-order valence-electron chi connectivity index (χ4n) is 0.832. The van der Waals surface area contributed by atoms with Gasteiger partial charge in [0.25, 0.3) is 9.05 Å².